The van der Waals surface area contributed by atoms with Crippen LogP contribution in [0.15, 0.2) is 18.2 Å². The van der Waals surface area contributed by atoms with E-state index < -0.39 is 47.6 Å². The van der Waals surface area contributed by atoms with E-state index >= 15 is 0 Å². The highest BCUT2D eigenvalue weighted by Gasteiger charge is 2.42. The second-order valence-corrected chi connectivity index (χ2v) is 12.7. The third kappa shape index (κ3) is 7.35. The summed E-state index contributed by atoms with van der Waals surface area (Å²) < 4.78 is 53.8. The predicted molar refractivity (Wildman–Crippen MR) is 148 cm³/mol. The molecule has 2 amide bonds. The second kappa shape index (κ2) is 11.5. The fourth-order valence-corrected chi connectivity index (χ4v) is 5.48. The summed E-state index contributed by atoms with van der Waals surface area (Å²) in [6.45, 7) is 8.73. The van der Waals surface area contributed by atoms with Crippen molar-refractivity contribution < 1.29 is 37.0 Å². The van der Waals surface area contributed by atoms with Crippen LogP contribution in [0.4, 0.5) is 23.7 Å². The van der Waals surface area contributed by atoms with Gasteiger partial charge in [-0.2, -0.15) is 18.3 Å². The topological polar surface area (TPSA) is 138 Å². The first-order valence-electron chi connectivity index (χ1n) is 14.0. The average Bonchev–Trinajstić information content (AvgIpc) is 3.44. The number of carbonyl (C=O) groups excluding carboxylic acids is 3. The van der Waals surface area contributed by atoms with Crippen LogP contribution in [-0.2, 0) is 33.3 Å². The number of alkyl carbamates (subject to hydrolysis) is 1. The number of anilines is 1. The van der Waals surface area contributed by atoms with Crippen LogP contribution in [0.25, 0.3) is 5.69 Å². The number of hydrogen-bond acceptors (Lipinski definition) is 7. The van der Waals surface area contributed by atoms with Gasteiger partial charge in [0.15, 0.2) is 5.69 Å². The number of rotatable bonds is 7. The molecule has 1 heterocycles. The fourth-order valence-electron chi connectivity index (χ4n) is 5.48. The molecule has 1 aromatic heterocycles. The number of aromatic nitrogens is 2. The van der Waals surface area contributed by atoms with E-state index in [2.05, 4.69) is 15.7 Å². The first-order valence-corrected chi connectivity index (χ1v) is 14.0. The van der Waals surface area contributed by atoms with Crippen LogP contribution >= 0.6 is 0 Å². The van der Waals surface area contributed by atoms with E-state index in [1.165, 1.54) is 16.8 Å². The zero-order valence-electron chi connectivity index (χ0n) is 24.5. The van der Waals surface area contributed by atoms with Gasteiger partial charge in [0.1, 0.15) is 18.2 Å². The number of fused-ring (bicyclic) bond motifs is 1. The van der Waals surface area contributed by atoms with Gasteiger partial charge in [0.2, 0.25) is 0 Å². The summed E-state index contributed by atoms with van der Waals surface area (Å²) in [6, 6.07) is 4.13. The minimum absolute atomic E-state index is 0.139. The minimum Gasteiger partial charge on any atom is -0.459 e. The van der Waals surface area contributed by atoms with Crippen molar-refractivity contribution in [1.82, 2.24) is 15.1 Å². The van der Waals surface area contributed by atoms with Crippen LogP contribution in [0.1, 0.15) is 87.6 Å². The van der Waals surface area contributed by atoms with Crippen molar-refractivity contribution in [3.63, 3.8) is 0 Å². The Hall–Kier alpha value is -3.77. The van der Waals surface area contributed by atoms with Gasteiger partial charge in [-0.05, 0) is 82.9 Å². The summed E-state index contributed by atoms with van der Waals surface area (Å²) in [6.07, 6.45) is -2.79. The molecule has 1 saturated carbocycles. The molecule has 2 aromatic rings. The third-order valence-electron chi connectivity index (χ3n) is 7.42. The van der Waals surface area contributed by atoms with Gasteiger partial charge in [0, 0.05) is 16.9 Å². The number of alkyl halides is 3. The number of ether oxygens (including phenoxy) is 2. The first-order chi connectivity index (χ1) is 19.4. The largest absolute Gasteiger partial charge is 0.459 e. The average molecular weight is 594 g/mol. The lowest BCUT2D eigenvalue weighted by molar-refractivity contribution is -0.148. The zero-order valence-corrected chi connectivity index (χ0v) is 24.5. The Kier molecular flexibility index (Phi) is 8.52. The van der Waals surface area contributed by atoms with Gasteiger partial charge >= 0.3 is 18.2 Å². The van der Waals surface area contributed by atoms with Gasteiger partial charge in [0.25, 0.3) is 5.91 Å². The third-order valence-corrected chi connectivity index (χ3v) is 7.42. The normalized spacial score (nSPS) is 20.0. The molecule has 0 radical (unpaired) electrons. The van der Waals surface area contributed by atoms with Crippen molar-refractivity contribution >= 4 is 23.7 Å². The van der Waals surface area contributed by atoms with E-state index in [-0.39, 0.29) is 29.5 Å². The van der Waals surface area contributed by atoms with Gasteiger partial charge in [-0.25, -0.2) is 9.48 Å². The molecule has 2 aliphatic carbocycles. The van der Waals surface area contributed by atoms with Crippen LogP contribution in [0, 0.1) is 5.41 Å². The molecule has 0 unspecified atom stereocenters. The lowest BCUT2D eigenvalue weighted by Crippen LogP contribution is -2.39. The van der Waals surface area contributed by atoms with E-state index in [1.54, 1.807) is 26.8 Å². The van der Waals surface area contributed by atoms with Crippen LogP contribution in [-0.4, -0.2) is 52.0 Å². The number of benzene rings is 1. The number of hydrogen-bond donors (Lipinski definition) is 3. The summed E-state index contributed by atoms with van der Waals surface area (Å²) >= 11 is 0. The van der Waals surface area contributed by atoms with Crippen molar-refractivity contribution in [2.75, 3.05) is 11.9 Å². The van der Waals surface area contributed by atoms with Crippen LogP contribution in [0.3, 0.4) is 0 Å². The van der Waals surface area contributed by atoms with Gasteiger partial charge < -0.3 is 25.8 Å². The molecule has 0 saturated heterocycles. The molecular formula is C29H38F3N5O5. The number of nitrogens with one attached hydrogen (secondary N) is 2. The highest BCUT2D eigenvalue weighted by atomic mass is 19.4. The Bertz CT molecular complexity index is 1360. The van der Waals surface area contributed by atoms with Gasteiger partial charge in [0.05, 0.1) is 17.3 Å². The molecule has 2 aliphatic rings. The lowest BCUT2D eigenvalue weighted by atomic mass is 9.76. The van der Waals surface area contributed by atoms with Crippen molar-refractivity contribution in [2.24, 2.45) is 11.1 Å². The molecule has 1 fully saturated rings. The number of primary amides is 1. The minimum atomic E-state index is -4.61. The molecular weight excluding hydrogens is 555 g/mol. The Labute approximate surface area is 242 Å². The smallest absolute Gasteiger partial charge is 0.435 e. The molecule has 13 heteroatoms. The summed E-state index contributed by atoms with van der Waals surface area (Å²) in [4.78, 5) is 36.6. The van der Waals surface area contributed by atoms with E-state index in [1.807, 2.05) is 13.8 Å². The summed E-state index contributed by atoms with van der Waals surface area (Å²) in [5, 5.41) is 9.59. The van der Waals surface area contributed by atoms with Crippen molar-refractivity contribution in [3.8, 4) is 5.69 Å². The Balaban J connectivity index is 1.57. The van der Waals surface area contributed by atoms with Gasteiger partial charge in [-0.15, -0.1) is 0 Å². The molecule has 4 N–H and O–H groups in total. The molecule has 4 rings (SSSR count). The lowest BCUT2D eigenvalue weighted by Gasteiger charge is -2.30. The Morgan fingerprint density at radius 3 is 2.52 bits per heavy atom. The highest BCUT2D eigenvalue weighted by molar-refractivity contribution is 5.99. The van der Waals surface area contributed by atoms with Crippen LogP contribution in [0.5, 0.6) is 0 Å². The van der Waals surface area contributed by atoms with Crippen molar-refractivity contribution in [1.29, 1.82) is 0 Å². The number of amides is 2. The van der Waals surface area contributed by atoms with Crippen molar-refractivity contribution in [2.45, 2.75) is 97.1 Å². The fraction of sp³-hybridized carbons (Fsp3) is 0.586. The quantitative estimate of drug-likeness (QED) is 0.388. The van der Waals surface area contributed by atoms with Crippen LogP contribution in [0.2, 0.25) is 0 Å². The number of nitrogens with two attached hydrogens (primary N) is 1. The first kappa shape index (κ1) is 31.2. The number of esters is 1. The maximum absolute atomic E-state index is 13.9. The van der Waals surface area contributed by atoms with Gasteiger partial charge in [-0.1, -0.05) is 13.8 Å². The highest BCUT2D eigenvalue weighted by Crippen LogP contribution is 2.42. The summed E-state index contributed by atoms with van der Waals surface area (Å²) in [5.41, 5.74) is 5.26. The van der Waals surface area contributed by atoms with Crippen LogP contribution < -0.4 is 16.4 Å². The molecule has 2 atom stereocenters. The number of nitrogens with zero attached hydrogens (tertiary/aromatic N) is 2. The molecule has 42 heavy (non-hydrogen) atoms. The van der Waals surface area contributed by atoms with E-state index in [9.17, 15) is 27.6 Å². The maximum Gasteiger partial charge on any atom is 0.435 e. The van der Waals surface area contributed by atoms with Gasteiger partial charge in [-0.3, -0.25) is 9.59 Å². The predicted octanol–water partition coefficient (Wildman–Crippen LogP) is 4.91. The SMILES string of the molecule is CC1(C)CCc2c(C(F)(F)F)nn(-c3ccc(C(N)=O)c(N[C@H]4CCC[C@@H]4OC(=O)CNC(=O)OC(C)(C)C)c3)c2C1. The number of halogens is 3. The van der Waals surface area contributed by atoms with E-state index in [4.69, 9.17) is 15.2 Å². The molecule has 0 bridgehead atoms. The monoisotopic (exact) mass is 593 g/mol. The van der Waals surface area contributed by atoms with Crippen molar-refractivity contribution in [3.05, 3.63) is 40.7 Å². The standard InChI is InChI=1S/C29H38F3N5O5/c1-27(2,3)42-26(40)34-15-23(38)41-22-8-6-7-19(22)35-20-13-16(9-10-17(20)25(33)39)37-21-14-28(4,5)12-11-18(21)24(36-37)29(30,31)32/h9-10,13,19,22,35H,6-8,11-12,14-15H2,1-5H3,(H2,33,39)(H,34,40)/t19-,22-/m0/s1. The molecule has 230 valence electrons. The summed E-state index contributed by atoms with van der Waals surface area (Å²) in [5.74, 6) is -1.38. The second-order valence-electron chi connectivity index (χ2n) is 12.7. The molecule has 0 aliphatic heterocycles. The maximum atomic E-state index is 13.9. The summed E-state index contributed by atoms with van der Waals surface area (Å²) in [7, 11) is 0. The zero-order chi connectivity index (χ0) is 31.0. The Morgan fingerprint density at radius 2 is 1.88 bits per heavy atom. The van der Waals surface area contributed by atoms with E-state index in [0.717, 1.165) is 6.42 Å². The Morgan fingerprint density at radius 1 is 1.17 bits per heavy atom. The molecule has 10 nitrogen and oxygen atoms in total. The number of carbonyl (C=O) groups is 3. The molecule has 1 aromatic carbocycles. The molecule has 0 spiro atoms. The van der Waals surface area contributed by atoms with E-state index in [0.29, 0.717) is 42.8 Å².